The van der Waals surface area contributed by atoms with Crippen LogP contribution in [0.15, 0.2) is 48.7 Å². The summed E-state index contributed by atoms with van der Waals surface area (Å²) in [5, 5.41) is 3.88. The number of amides is 1. The number of pyridine rings is 1. The number of nitrogens with zero attached hydrogens (tertiary/aromatic N) is 1. The van der Waals surface area contributed by atoms with Crippen LogP contribution >= 0.6 is 0 Å². The zero-order valence-electron chi connectivity index (χ0n) is 10.5. The van der Waals surface area contributed by atoms with E-state index in [0.29, 0.717) is 5.69 Å². The summed E-state index contributed by atoms with van der Waals surface area (Å²) in [7, 11) is 0. The second-order valence-corrected chi connectivity index (χ2v) is 4.36. The Morgan fingerprint density at radius 3 is 2.84 bits per heavy atom. The van der Waals surface area contributed by atoms with Gasteiger partial charge in [-0.15, -0.1) is 0 Å². The van der Waals surface area contributed by atoms with Crippen molar-refractivity contribution in [2.75, 3.05) is 5.32 Å². The highest BCUT2D eigenvalue weighted by molar-refractivity contribution is 6.07. The summed E-state index contributed by atoms with van der Waals surface area (Å²) in [6, 6.07) is 13.1. The SMILES string of the molecule is Cc1cccc(C(=O)Nc2cccc3[nH]ccc23)n1. The van der Waals surface area contributed by atoms with E-state index in [1.807, 2.05) is 49.5 Å². The van der Waals surface area contributed by atoms with Crippen LogP contribution in [0.1, 0.15) is 16.2 Å². The lowest BCUT2D eigenvalue weighted by molar-refractivity contribution is 0.102. The largest absolute Gasteiger partial charge is 0.361 e. The first-order valence-corrected chi connectivity index (χ1v) is 6.05. The van der Waals surface area contributed by atoms with Crippen molar-refractivity contribution < 1.29 is 4.79 Å². The molecule has 0 aliphatic heterocycles. The van der Waals surface area contributed by atoms with Crippen molar-refractivity contribution in [3.8, 4) is 0 Å². The Morgan fingerprint density at radius 2 is 2.00 bits per heavy atom. The number of hydrogen-bond donors (Lipinski definition) is 2. The molecule has 0 spiro atoms. The van der Waals surface area contributed by atoms with Gasteiger partial charge in [0.15, 0.2) is 0 Å². The van der Waals surface area contributed by atoms with Crippen LogP contribution in [0.3, 0.4) is 0 Å². The van der Waals surface area contributed by atoms with Crippen LogP contribution in [-0.4, -0.2) is 15.9 Å². The van der Waals surface area contributed by atoms with Crippen molar-refractivity contribution in [2.24, 2.45) is 0 Å². The zero-order chi connectivity index (χ0) is 13.2. The van der Waals surface area contributed by atoms with E-state index in [1.54, 1.807) is 6.07 Å². The van der Waals surface area contributed by atoms with E-state index in [1.165, 1.54) is 0 Å². The van der Waals surface area contributed by atoms with Crippen LogP contribution < -0.4 is 5.32 Å². The first kappa shape index (κ1) is 11.5. The Balaban J connectivity index is 1.93. The van der Waals surface area contributed by atoms with Gasteiger partial charge >= 0.3 is 0 Å². The lowest BCUT2D eigenvalue weighted by Crippen LogP contribution is -2.14. The van der Waals surface area contributed by atoms with Gasteiger partial charge in [-0.25, -0.2) is 4.98 Å². The van der Waals surface area contributed by atoms with Crippen molar-refractivity contribution in [1.82, 2.24) is 9.97 Å². The van der Waals surface area contributed by atoms with Crippen LogP contribution in [0.25, 0.3) is 10.9 Å². The number of nitrogens with one attached hydrogen (secondary N) is 2. The van der Waals surface area contributed by atoms with Crippen LogP contribution in [0, 0.1) is 6.92 Å². The maximum Gasteiger partial charge on any atom is 0.274 e. The molecule has 1 aromatic carbocycles. The molecule has 4 heteroatoms. The molecule has 4 nitrogen and oxygen atoms in total. The molecule has 0 aliphatic carbocycles. The Morgan fingerprint density at radius 1 is 1.16 bits per heavy atom. The average molecular weight is 251 g/mol. The van der Waals surface area contributed by atoms with E-state index in [2.05, 4.69) is 15.3 Å². The molecule has 2 heterocycles. The van der Waals surface area contributed by atoms with Crippen LogP contribution in [0.4, 0.5) is 5.69 Å². The number of aromatic nitrogens is 2. The van der Waals surface area contributed by atoms with Gasteiger partial charge in [-0.05, 0) is 37.3 Å². The Hall–Kier alpha value is -2.62. The number of rotatable bonds is 2. The molecule has 0 atom stereocenters. The second kappa shape index (κ2) is 4.57. The van der Waals surface area contributed by atoms with Crippen molar-refractivity contribution in [2.45, 2.75) is 6.92 Å². The number of fused-ring (bicyclic) bond motifs is 1. The van der Waals surface area contributed by atoms with Gasteiger partial charge in [0.25, 0.3) is 5.91 Å². The molecule has 2 N–H and O–H groups in total. The fraction of sp³-hybridized carbons (Fsp3) is 0.0667. The van der Waals surface area contributed by atoms with Gasteiger partial charge in [0.1, 0.15) is 5.69 Å². The van der Waals surface area contributed by atoms with Gasteiger partial charge in [-0.1, -0.05) is 12.1 Å². The standard InChI is InChI=1S/C15H13N3O/c1-10-4-2-7-14(17-10)15(19)18-13-6-3-5-12-11(13)8-9-16-12/h2-9,16H,1H3,(H,18,19). The Labute approximate surface area is 110 Å². The minimum Gasteiger partial charge on any atom is -0.361 e. The molecule has 0 saturated heterocycles. The van der Waals surface area contributed by atoms with Gasteiger partial charge in [0.2, 0.25) is 0 Å². The van der Waals surface area contributed by atoms with E-state index < -0.39 is 0 Å². The number of benzene rings is 1. The summed E-state index contributed by atoms with van der Waals surface area (Å²) < 4.78 is 0. The molecule has 0 aliphatic rings. The topological polar surface area (TPSA) is 57.8 Å². The highest BCUT2D eigenvalue weighted by Crippen LogP contribution is 2.22. The number of carbonyl (C=O) groups excluding carboxylic acids is 1. The second-order valence-electron chi connectivity index (χ2n) is 4.36. The first-order valence-electron chi connectivity index (χ1n) is 6.05. The van der Waals surface area contributed by atoms with Crippen molar-refractivity contribution in [3.05, 3.63) is 60.0 Å². The predicted molar refractivity (Wildman–Crippen MR) is 75.2 cm³/mol. The van der Waals surface area contributed by atoms with Crippen LogP contribution in [0.5, 0.6) is 0 Å². The quantitative estimate of drug-likeness (QED) is 0.735. The molecule has 3 rings (SSSR count). The van der Waals surface area contributed by atoms with Gasteiger partial charge < -0.3 is 10.3 Å². The van der Waals surface area contributed by atoms with E-state index in [0.717, 1.165) is 22.3 Å². The van der Waals surface area contributed by atoms with E-state index in [-0.39, 0.29) is 5.91 Å². The number of carbonyl (C=O) groups is 1. The van der Waals surface area contributed by atoms with Crippen LogP contribution in [0.2, 0.25) is 0 Å². The van der Waals surface area contributed by atoms with Gasteiger partial charge in [0, 0.05) is 22.8 Å². The minimum atomic E-state index is -0.197. The Bertz CT molecular complexity index is 746. The smallest absolute Gasteiger partial charge is 0.274 e. The molecule has 0 fully saturated rings. The number of H-pyrrole nitrogens is 1. The summed E-state index contributed by atoms with van der Waals surface area (Å²) in [6.07, 6.45) is 1.85. The molecule has 2 aromatic heterocycles. The van der Waals surface area contributed by atoms with E-state index >= 15 is 0 Å². The van der Waals surface area contributed by atoms with Gasteiger partial charge in [0.05, 0.1) is 5.69 Å². The lowest BCUT2D eigenvalue weighted by atomic mass is 10.2. The van der Waals surface area contributed by atoms with Gasteiger partial charge in [-0.2, -0.15) is 0 Å². The fourth-order valence-corrected chi connectivity index (χ4v) is 2.05. The van der Waals surface area contributed by atoms with E-state index in [4.69, 9.17) is 0 Å². The molecule has 3 aromatic rings. The van der Waals surface area contributed by atoms with Crippen molar-refractivity contribution >= 4 is 22.5 Å². The first-order chi connectivity index (χ1) is 9.24. The summed E-state index contributed by atoms with van der Waals surface area (Å²) in [4.78, 5) is 19.5. The summed E-state index contributed by atoms with van der Waals surface area (Å²) in [6.45, 7) is 1.86. The highest BCUT2D eigenvalue weighted by atomic mass is 16.1. The molecule has 19 heavy (non-hydrogen) atoms. The molecule has 0 saturated carbocycles. The van der Waals surface area contributed by atoms with Crippen LogP contribution in [-0.2, 0) is 0 Å². The zero-order valence-corrected chi connectivity index (χ0v) is 10.5. The third-order valence-electron chi connectivity index (χ3n) is 2.96. The third-order valence-corrected chi connectivity index (χ3v) is 2.96. The molecular weight excluding hydrogens is 238 g/mol. The maximum atomic E-state index is 12.1. The Kier molecular flexibility index (Phi) is 2.76. The average Bonchev–Trinajstić information content (AvgIpc) is 2.88. The third kappa shape index (κ3) is 2.20. The number of aromatic amines is 1. The molecule has 94 valence electrons. The molecule has 0 radical (unpaired) electrons. The normalized spacial score (nSPS) is 10.6. The predicted octanol–water partition coefficient (Wildman–Crippen LogP) is 3.12. The minimum absolute atomic E-state index is 0.197. The molecular formula is C15H13N3O. The maximum absolute atomic E-state index is 12.1. The summed E-state index contributed by atoms with van der Waals surface area (Å²) in [5.74, 6) is -0.197. The number of aryl methyl sites for hydroxylation is 1. The van der Waals surface area contributed by atoms with Crippen molar-refractivity contribution in [3.63, 3.8) is 0 Å². The van der Waals surface area contributed by atoms with Gasteiger partial charge in [-0.3, -0.25) is 4.79 Å². The fourth-order valence-electron chi connectivity index (χ4n) is 2.05. The van der Waals surface area contributed by atoms with E-state index in [9.17, 15) is 4.79 Å². The summed E-state index contributed by atoms with van der Waals surface area (Å²) in [5.41, 5.74) is 3.03. The van der Waals surface area contributed by atoms with Crippen molar-refractivity contribution in [1.29, 1.82) is 0 Å². The number of hydrogen-bond acceptors (Lipinski definition) is 2. The molecule has 1 amide bonds. The lowest BCUT2D eigenvalue weighted by Gasteiger charge is -2.06. The molecule has 0 unspecified atom stereocenters. The monoisotopic (exact) mass is 251 g/mol. The summed E-state index contributed by atoms with van der Waals surface area (Å²) >= 11 is 0. The number of anilines is 1. The highest BCUT2D eigenvalue weighted by Gasteiger charge is 2.09. The molecule has 0 bridgehead atoms.